The van der Waals surface area contributed by atoms with E-state index in [-0.39, 0.29) is 30.6 Å². The first-order chi connectivity index (χ1) is 7.04. The van der Waals surface area contributed by atoms with Gasteiger partial charge in [-0.05, 0) is 25.2 Å². The summed E-state index contributed by atoms with van der Waals surface area (Å²) in [4.78, 5) is 11.4. The molecule has 2 unspecified atom stereocenters. The number of hydrogen-bond donors (Lipinski definition) is 4. The zero-order valence-corrected chi connectivity index (χ0v) is 9.02. The highest BCUT2D eigenvalue weighted by molar-refractivity contribution is 5.81. The number of carbonyl (C=O) groups excluding carboxylic acids is 1. The van der Waals surface area contributed by atoms with E-state index in [1.165, 1.54) is 0 Å². The summed E-state index contributed by atoms with van der Waals surface area (Å²) in [7, 11) is 0. The molecule has 0 heterocycles. The largest absolute Gasteiger partial charge is 0.394 e. The Morgan fingerprint density at radius 1 is 1.60 bits per heavy atom. The van der Waals surface area contributed by atoms with E-state index in [1.54, 1.807) is 0 Å². The van der Waals surface area contributed by atoms with E-state index >= 15 is 0 Å². The summed E-state index contributed by atoms with van der Waals surface area (Å²) < 4.78 is 0. The first-order valence-electron chi connectivity index (χ1n) is 5.39. The van der Waals surface area contributed by atoms with Gasteiger partial charge in [0.1, 0.15) is 6.04 Å². The average Bonchev–Trinajstić information content (AvgIpc) is 2.22. The van der Waals surface area contributed by atoms with E-state index < -0.39 is 6.04 Å². The van der Waals surface area contributed by atoms with Gasteiger partial charge in [0.15, 0.2) is 0 Å². The Morgan fingerprint density at radius 3 is 2.80 bits per heavy atom. The summed E-state index contributed by atoms with van der Waals surface area (Å²) in [5.41, 5.74) is 5.38. The number of aliphatic hydroxyl groups is 2. The Bertz CT molecular complexity index is 223. The van der Waals surface area contributed by atoms with Crippen molar-refractivity contribution < 1.29 is 15.0 Å². The molecule has 0 aromatic rings. The summed E-state index contributed by atoms with van der Waals surface area (Å²) in [6, 6.07) is -0.763. The van der Waals surface area contributed by atoms with E-state index in [4.69, 9.17) is 10.8 Å². The molecule has 0 saturated heterocycles. The van der Waals surface area contributed by atoms with Gasteiger partial charge in [0, 0.05) is 6.04 Å². The number of rotatable bonds is 3. The summed E-state index contributed by atoms with van der Waals surface area (Å²) >= 11 is 0. The van der Waals surface area contributed by atoms with Crippen LogP contribution in [0.5, 0.6) is 0 Å². The minimum Gasteiger partial charge on any atom is -0.394 e. The van der Waals surface area contributed by atoms with Crippen LogP contribution < -0.4 is 11.1 Å². The van der Waals surface area contributed by atoms with Gasteiger partial charge >= 0.3 is 0 Å². The first kappa shape index (κ1) is 12.4. The number of hydrogen-bond acceptors (Lipinski definition) is 4. The van der Waals surface area contributed by atoms with Crippen molar-refractivity contribution in [1.82, 2.24) is 5.32 Å². The molecule has 1 amide bonds. The van der Waals surface area contributed by atoms with Gasteiger partial charge in [-0.15, -0.1) is 0 Å². The number of aliphatic hydroxyl groups excluding tert-OH is 2. The number of nitrogens with one attached hydrogen (secondary N) is 1. The fourth-order valence-corrected chi connectivity index (χ4v) is 1.90. The molecular weight excluding hydrogens is 196 g/mol. The van der Waals surface area contributed by atoms with Crippen molar-refractivity contribution in [3.05, 3.63) is 0 Å². The van der Waals surface area contributed by atoms with Crippen molar-refractivity contribution in [3.8, 4) is 0 Å². The Labute approximate surface area is 89.7 Å². The molecule has 5 nitrogen and oxygen atoms in total. The van der Waals surface area contributed by atoms with Crippen molar-refractivity contribution >= 4 is 5.91 Å². The lowest BCUT2D eigenvalue weighted by Crippen LogP contribution is -2.49. The van der Waals surface area contributed by atoms with Gasteiger partial charge in [-0.1, -0.05) is 6.92 Å². The average molecular weight is 216 g/mol. The smallest absolute Gasteiger partial charge is 0.239 e. The number of nitrogens with two attached hydrogens (primary N) is 1. The minimum atomic E-state index is -0.841. The highest BCUT2D eigenvalue weighted by atomic mass is 16.3. The maximum absolute atomic E-state index is 11.4. The maximum Gasteiger partial charge on any atom is 0.239 e. The lowest BCUT2D eigenvalue weighted by atomic mass is 9.84. The predicted molar refractivity (Wildman–Crippen MR) is 56.0 cm³/mol. The van der Waals surface area contributed by atoms with Crippen LogP contribution in [-0.2, 0) is 4.79 Å². The van der Waals surface area contributed by atoms with Crippen LogP contribution >= 0.6 is 0 Å². The lowest BCUT2D eigenvalue weighted by molar-refractivity contribution is -0.124. The number of carbonyl (C=O) groups is 1. The molecule has 4 atom stereocenters. The van der Waals surface area contributed by atoms with Crippen molar-refractivity contribution in [1.29, 1.82) is 0 Å². The zero-order chi connectivity index (χ0) is 11.4. The summed E-state index contributed by atoms with van der Waals surface area (Å²) in [5, 5.41) is 21.0. The summed E-state index contributed by atoms with van der Waals surface area (Å²) in [5.74, 6) is -0.111. The van der Waals surface area contributed by atoms with Gasteiger partial charge in [-0.3, -0.25) is 4.79 Å². The van der Waals surface area contributed by atoms with Crippen LogP contribution in [-0.4, -0.2) is 40.9 Å². The topological polar surface area (TPSA) is 95.6 Å². The minimum absolute atomic E-state index is 0.0773. The van der Waals surface area contributed by atoms with Crippen LogP contribution in [0.2, 0.25) is 0 Å². The van der Waals surface area contributed by atoms with Crippen LogP contribution in [0.4, 0.5) is 0 Å². The molecule has 1 aliphatic carbocycles. The molecule has 0 aromatic heterocycles. The fourth-order valence-electron chi connectivity index (χ4n) is 1.90. The molecule has 1 saturated carbocycles. The van der Waals surface area contributed by atoms with E-state index in [2.05, 4.69) is 5.32 Å². The maximum atomic E-state index is 11.4. The molecule has 0 spiro atoms. The third-order valence-electron chi connectivity index (χ3n) is 3.00. The van der Waals surface area contributed by atoms with E-state index in [0.717, 1.165) is 12.8 Å². The highest BCUT2D eigenvalue weighted by Crippen LogP contribution is 2.24. The van der Waals surface area contributed by atoms with Crippen LogP contribution in [0.25, 0.3) is 0 Å². The van der Waals surface area contributed by atoms with Gasteiger partial charge in [0.2, 0.25) is 5.91 Å². The van der Waals surface area contributed by atoms with Gasteiger partial charge in [-0.2, -0.15) is 0 Å². The monoisotopic (exact) mass is 216 g/mol. The van der Waals surface area contributed by atoms with Crippen molar-refractivity contribution in [2.45, 2.75) is 44.4 Å². The van der Waals surface area contributed by atoms with Crippen molar-refractivity contribution in [3.63, 3.8) is 0 Å². The SMILES string of the molecule is C[C@@H]1C[C@@H](NC(=O)C(N)CO)CCC1O. The van der Waals surface area contributed by atoms with E-state index in [1.807, 2.05) is 6.92 Å². The zero-order valence-electron chi connectivity index (χ0n) is 9.02. The third kappa shape index (κ3) is 3.44. The molecular formula is C10H20N2O3. The molecule has 5 heteroatoms. The first-order valence-corrected chi connectivity index (χ1v) is 5.39. The van der Waals surface area contributed by atoms with Crippen molar-refractivity contribution in [2.24, 2.45) is 11.7 Å². The molecule has 88 valence electrons. The molecule has 1 rings (SSSR count). The van der Waals surface area contributed by atoms with Gasteiger partial charge in [0.05, 0.1) is 12.7 Å². The number of amides is 1. The van der Waals surface area contributed by atoms with Gasteiger partial charge in [0.25, 0.3) is 0 Å². The van der Waals surface area contributed by atoms with Gasteiger partial charge in [-0.25, -0.2) is 0 Å². The summed E-state index contributed by atoms with van der Waals surface area (Å²) in [6.07, 6.45) is 1.99. The van der Waals surface area contributed by atoms with Crippen LogP contribution in [0.3, 0.4) is 0 Å². The Kier molecular flexibility index (Phi) is 4.50. The second-order valence-corrected chi connectivity index (χ2v) is 4.35. The second kappa shape index (κ2) is 5.44. The lowest BCUT2D eigenvalue weighted by Gasteiger charge is -2.32. The van der Waals surface area contributed by atoms with E-state index in [0.29, 0.717) is 6.42 Å². The molecule has 0 bridgehead atoms. The van der Waals surface area contributed by atoms with Crippen LogP contribution in [0, 0.1) is 5.92 Å². The quantitative estimate of drug-likeness (QED) is 0.485. The standard InChI is InChI=1S/C10H20N2O3/c1-6-4-7(2-3-9(6)14)12-10(15)8(11)5-13/h6-9,13-14H,2-5,11H2,1H3,(H,12,15)/t6-,7+,8?,9?/m1/s1. The molecule has 1 aliphatic rings. The molecule has 5 N–H and O–H groups in total. The van der Waals surface area contributed by atoms with Crippen LogP contribution in [0.1, 0.15) is 26.2 Å². The second-order valence-electron chi connectivity index (χ2n) is 4.35. The third-order valence-corrected chi connectivity index (χ3v) is 3.00. The van der Waals surface area contributed by atoms with Crippen LogP contribution in [0.15, 0.2) is 0 Å². The normalized spacial score (nSPS) is 33.5. The molecule has 0 aromatic carbocycles. The predicted octanol–water partition coefficient (Wildman–Crippen LogP) is -1.03. The highest BCUT2D eigenvalue weighted by Gasteiger charge is 2.27. The van der Waals surface area contributed by atoms with Gasteiger partial charge < -0.3 is 21.3 Å². The van der Waals surface area contributed by atoms with Crippen molar-refractivity contribution in [2.75, 3.05) is 6.61 Å². The Hall–Kier alpha value is -0.650. The van der Waals surface area contributed by atoms with E-state index in [9.17, 15) is 9.90 Å². The molecule has 0 radical (unpaired) electrons. The molecule has 0 aliphatic heterocycles. The fraction of sp³-hybridized carbons (Fsp3) is 0.900. The molecule has 1 fully saturated rings. The Balaban J connectivity index is 2.36. The molecule has 15 heavy (non-hydrogen) atoms. The Morgan fingerprint density at radius 2 is 2.27 bits per heavy atom. The summed E-state index contributed by atoms with van der Waals surface area (Å²) in [6.45, 7) is 1.63.